The maximum atomic E-state index is 11.5. The summed E-state index contributed by atoms with van der Waals surface area (Å²) in [5, 5.41) is 0. The van der Waals surface area contributed by atoms with Crippen LogP contribution in [0.3, 0.4) is 0 Å². The molecule has 0 radical (unpaired) electrons. The Kier molecular flexibility index (Phi) is 11.9. The quantitative estimate of drug-likeness (QED) is 0.297. The van der Waals surface area contributed by atoms with Crippen molar-refractivity contribution in [3.8, 4) is 0 Å². The molecule has 3 N–H and O–H groups in total. The van der Waals surface area contributed by atoms with Crippen LogP contribution in [0.5, 0.6) is 0 Å². The Balaban J connectivity index is 4.05. The standard InChI is InChI=1S/C18H32NO4P/c1-15(2)8-5-9-16(3)10-6-11-17(4)12-7-13-18(20)14-24(21,22)23-19/h8,10,12H,5-7,9,11,13-14,19H2,1-4H3,(H,21,22). The monoisotopic (exact) mass is 357 g/mol. The Morgan fingerprint density at radius 1 is 0.958 bits per heavy atom. The Labute approximate surface area is 146 Å². The zero-order chi connectivity index (χ0) is 18.6. The number of carbonyl (C=O) groups is 1. The van der Waals surface area contributed by atoms with E-state index in [0.29, 0.717) is 6.42 Å². The smallest absolute Gasteiger partial charge is 0.323 e. The summed E-state index contributed by atoms with van der Waals surface area (Å²) in [5.41, 5.74) is 3.97. The van der Waals surface area contributed by atoms with Gasteiger partial charge >= 0.3 is 7.60 Å². The fourth-order valence-electron chi connectivity index (χ4n) is 2.16. The Bertz CT molecular complexity index is 531. The molecule has 0 bridgehead atoms. The number of carbonyl (C=O) groups excluding carboxylic acids is 1. The first-order chi connectivity index (χ1) is 11.2. The van der Waals surface area contributed by atoms with E-state index in [1.807, 2.05) is 13.0 Å². The fourth-order valence-corrected chi connectivity index (χ4v) is 2.84. The highest BCUT2D eigenvalue weighted by atomic mass is 31.2. The summed E-state index contributed by atoms with van der Waals surface area (Å²) in [6, 6.07) is 0. The third kappa shape index (κ3) is 13.4. The fraction of sp³-hybridized carbons (Fsp3) is 0.611. The van der Waals surface area contributed by atoms with Crippen molar-refractivity contribution >= 4 is 13.4 Å². The van der Waals surface area contributed by atoms with E-state index in [1.165, 1.54) is 16.7 Å². The molecule has 0 heterocycles. The summed E-state index contributed by atoms with van der Waals surface area (Å²) in [4.78, 5) is 20.7. The van der Waals surface area contributed by atoms with E-state index < -0.39 is 13.8 Å². The molecule has 0 aromatic rings. The van der Waals surface area contributed by atoms with Crippen molar-refractivity contribution in [1.29, 1.82) is 0 Å². The molecule has 0 rings (SSSR count). The maximum Gasteiger partial charge on any atom is 0.351 e. The molecule has 0 aromatic carbocycles. The SMILES string of the molecule is CC(C)=CCCC(C)=CCCC(C)=CCCC(=O)CP(=O)(O)ON. The summed E-state index contributed by atoms with van der Waals surface area (Å²) in [5.74, 6) is 4.36. The van der Waals surface area contributed by atoms with Crippen molar-refractivity contribution in [2.24, 2.45) is 5.90 Å². The number of rotatable bonds is 12. The molecule has 1 unspecified atom stereocenters. The van der Waals surface area contributed by atoms with Crippen LogP contribution in [0.25, 0.3) is 0 Å². The average Bonchev–Trinajstić information content (AvgIpc) is 2.46. The van der Waals surface area contributed by atoms with Crippen LogP contribution in [0.1, 0.15) is 66.2 Å². The summed E-state index contributed by atoms with van der Waals surface area (Å²) in [7, 11) is -3.94. The molecule has 0 spiro atoms. The third-order valence-corrected chi connectivity index (χ3v) is 4.66. The van der Waals surface area contributed by atoms with Crippen LogP contribution < -0.4 is 5.90 Å². The van der Waals surface area contributed by atoms with Gasteiger partial charge in [0, 0.05) is 6.42 Å². The number of allylic oxidation sites excluding steroid dienone is 6. The van der Waals surface area contributed by atoms with Gasteiger partial charge < -0.3 is 4.89 Å². The van der Waals surface area contributed by atoms with E-state index in [1.54, 1.807) is 0 Å². The van der Waals surface area contributed by atoms with Crippen molar-refractivity contribution in [2.75, 3.05) is 6.16 Å². The second-order valence-electron chi connectivity index (χ2n) is 6.44. The van der Waals surface area contributed by atoms with Crippen LogP contribution in [-0.2, 0) is 14.0 Å². The molecule has 0 fully saturated rings. The van der Waals surface area contributed by atoms with Crippen molar-refractivity contribution in [3.05, 3.63) is 34.9 Å². The van der Waals surface area contributed by atoms with Gasteiger partial charge in [-0.3, -0.25) is 9.36 Å². The largest absolute Gasteiger partial charge is 0.351 e. The summed E-state index contributed by atoms with van der Waals surface area (Å²) in [6.07, 6.45) is 10.9. The second-order valence-corrected chi connectivity index (χ2v) is 8.24. The van der Waals surface area contributed by atoms with Gasteiger partial charge in [-0.25, -0.2) is 10.5 Å². The molecule has 0 amide bonds. The van der Waals surface area contributed by atoms with E-state index in [2.05, 4.69) is 43.4 Å². The predicted molar refractivity (Wildman–Crippen MR) is 99.6 cm³/mol. The minimum absolute atomic E-state index is 0.225. The van der Waals surface area contributed by atoms with Gasteiger partial charge in [-0.05, 0) is 59.8 Å². The third-order valence-electron chi connectivity index (χ3n) is 3.58. The molecule has 0 saturated heterocycles. The Morgan fingerprint density at radius 3 is 1.88 bits per heavy atom. The first-order valence-corrected chi connectivity index (χ1v) is 10.1. The molecule has 0 aliphatic heterocycles. The lowest BCUT2D eigenvalue weighted by molar-refractivity contribution is -0.116. The van der Waals surface area contributed by atoms with E-state index >= 15 is 0 Å². The lowest BCUT2D eigenvalue weighted by atomic mass is 10.1. The van der Waals surface area contributed by atoms with Gasteiger partial charge in [0.25, 0.3) is 0 Å². The Morgan fingerprint density at radius 2 is 1.42 bits per heavy atom. The van der Waals surface area contributed by atoms with Crippen LogP contribution in [0.2, 0.25) is 0 Å². The molecule has 138 valence electrons. The number of ketones is 1. The first kappa shape index (κ1) is 23.0. The molecule has 0 aliphatic carbocycles. The van der Waals surface area contributed by atoms with Gasteiger partial charge in [-0.15, -0.1) is 0 Å². The number of hydrogen-bond donors (Lipinski definition) is 2. The van der Waals surface area contributed by atoms with E-state index in [9.17, 15) is 9.36 Å². The minimum Gasteiger partial charge on any atom is -0.323 e. The van der Waals surface area contributed by atoms with Crippen LogP contribution >= 0.6 is 7.60 Å². The van der Waals surface area contributed by atoms with Crippen molar-refractivity contribution in [2.45, 2.75) is 66.2 Å². The average molecular weight is 357 g/mol. The second kappa shape index (κ2) is 12.4. The summed E-state index contributed by atoms with van der Waals surface area (Å²) >= 11 is 0. The maximum absolute atomic E-state index is 11.5. The van der Waals surface area contributed by atoms with Gasteiger partial charge in [0.1, 0.15) is 11.9 Å². The molecule has 0 aromatic heterocycles. The zero-order valence-electron chi connectivity index (χ0n) is 15.4. The van der Waals surface area contributed by atoms with E-state index in [-0.39, 0.29) is 12.2 Å². The molecule has 0 saturated carbocycles. The zero-order valence-corrected chi connectivity index (χ0v) is 16.3. The topological polar surface area (TPSA) is 89.6 Å². The van der Waals surface area contributed by atoms with Crippen LogP contribution in [-0.4, -0.2) is 16.8 Å². The minimum atomic E-state index is -3.94. The van der Waals surface area contributed by atoms with Gasteiger partial charge in [0.05, 0.1) is 0 Å². The van der Waals surface area contributed by atoms with Crippen molar-refractivity contribution in [1.82, 2.24) is 0 Å². The molecular weight excluding hydrogens is 325 g/mol. The Hall–Kier alpha value is -1.00. The molecule has 1 atom stereocenters. The summed E-state index contributed by atoms with van der Waals surface area (Å²) in [6.45, 7) is 8.42. The number of hydrogen-bond acceptors (Lipinski definition) is 4. The first-order valence-electron chi connectivity index (χ1n) is 8.33. The van der Waals surface area contributed by atoms with Gasteiger partial charge in [0.2, 0.25) is 0 Å². The van der Waals surface area contributed by atoms with Crippen molar-refractivity contribution in [3.63, 3.8) is 0 Å². The molecule has 24 heavy (non-hydrogen) atoms. The molecule has 6 heteroatoms. The summed E-state index contributed by atoms with van der Waals surface area (Å²) < 4.78 is 15.1. The number of nitrogens with two attached hydrogens (primary N) is 1. The van der Waals surface area contributed by atoms with Gasteiger partial charge in [0.15, 0.2) is 0 Å². The van der Waals surface area contributed by atoms with Gasteiger partial charge in [-0.2, -0.15) is 0 Å². The molecule has 0 aliphatic rings. The highest BCUT2D eigenvalue weighted by Crippen LogP contribution is 2.39. The highest BCUT2D eigenvalue weighted by molar-refractivity contribution is 7.53. The van der Waals surface area contributed by atoms with Crippen molar-refractivity contribution < 1.29 is 18.9 Å². The van der Waals surface area contributed by atoms with E-state index in [0.717, 1.165) is 25.7 Å². The van der Waals surface area contributed by atoms with Crippen LogP contribution in [0.4, 0.5) is 0 Å². The molecule has 5 nitrogen and oxygen atoms in total. The lowest BCUT2D eigenvalue weighted by Crippen LogP contribution is -2.09. The van der Waals surface area contributed by atoms with E-state index in [4.69, 9.17) is 4.89 Å². The van der Waals surface area contributed by atoms with Crippen LogP contribution in [0, 0.1) is 0 Å². The highest BCUT2D eigenvalue weighted by Gasteiger charge is 2.22. The number of Topliss-reactive ketones (excluding diaryl/α,β-unsaturated/α-hetero) is 1. The predicted octanol–water partition coefficient (Wildman–Crippen LogP) is 4.83. The van der Waals surface area contributed by atoms with Crippen LogP contribution in [0.15, 0.2) is 34.9 Å². The van der Waals surface area contributed by atoms with Gasteiger partial charge in [-0.1, -0.05) is 34.9 Å². The lowest BCUT2D eigenvalue weighted by Gasteiger charge is -2.06. The molecular formula is C18H32NO4P. The normalized spacial score (nSPS) is 15.1.